The van der Waals surface area contributed by atoms with E-state index < -0.39 is 18.0 Å². The van der Waals surface area contributed by atoms with Crippen molar-refractivity contribution in [1.29, 1.82) is 0 Å². The van der Waals surface area contributed by atoms with E-state index in [0.29, 0.717) is 10.6 Å². The van der Waals surface area contributed by atoms with E-state index in [1.54, 1.807) is 12.3 Å². The molecule has 1 aromatic heterocycles. The van der Waals surface area contributed by atoms with Crippen molar-refractivity contribution in [3.63, 3.8) is 0 Å². The molecule has 0 radical (unpaired) electrons. The molecule has 2 N–H and O–H groups in total. The monoisotopic (exact) mass is 386 g/mol. The molecular formula is C20H19ClN2O4. The van der Waals surface area contributed by atoms with Crippen LogP contribution >= 0.6 is 11.6 Å². The minimum atomic E-state index is -0.715. The van der Waals surface area contributed by atoms with Crippen LogP contribution in [0.3, 0.4) is 0 Å². The molecule has 1 atom stereocenters. The molecular weight excluding hydrogens is 368 g/mol. The third-order valence-corrected chi connectivity index (χ3v) is 4.52. The number of benzene rings is 2. The molecule has 6 nitrogen and oxygen atoms in total. The van der Waals surface area contributed by atoms with Crippen LogP contribution in [0.4, 0.5) is 4.79 Å². The number of hydrogen-bond donors (Lipinski definition) is 2. The van der Waals surface area contributed by atoms with Gasteiger partial charge in [0.05, 0.1) is 12.1 Å². The smallest absolute Gasteiger partial charge is 0.407 e. The van der Waals surface area contributed by atoms with Crippen LogP contribution in [0, 0.1) is 0 Å². The first-order valence-electron chi connectivity index (χ1n) is 8.38. The lowest BCUT2D eigenvalue weighted by Gasteiger charge is -2.15. The number of alkyl carbamates (subject to hydrolysis) is 1. The maximum atomic E-state index is 12.3. The highest BCUT2D eigenvalue weighted by Gasteiger charge is 2.26. The molecule has 1 amide bonds. The molecule has 0 aliphatic rings. The number of amides is 1. The van der Waals surface area contributed by atoms with Gasteiger partial charge in [-0.15, -0.1) is 0 Å². The molecule has 0 saturated carbocycles. The molecule has 0 spiro atoms. The highest BCUT2D eigenvalue weighted by molar-refractivity contribution is 6.35. The number of methoxy groups -OCH3 is 1. The van der Waals surface area contributed by atoms with Gasteiger partial charge in [-0.25, -0.2) is 4.79 Å². The average molecular weight is 387 g/mol. The lowest BCUT2D eigenvalue weighted by molar-refractivity contribution is -0.142. The first-order valence-corrected chi connectivity index (χ1v) is 8.76. The SMILES string of the molecule is COC(=O)C(CNC(=O)OCc1ccccc1)c1c[nH]c2cccc(Cl)c12. The number of nitrogens with one attached hydrogen (secondary N) is 2. The Balaban J connectivity index is 1.70. The number of aromatic amines is 1. The highest BCUT2D eigenvalue weighted by Crippen LogP contribution is 2.31. The van der Waals surface area contributed by atoms with Gasteiger partial charge in [0.1, 0.15) is 12.5 Å². The number of hydrogen-bond acceptors (Lipinski definition) is 4. The Morgan fingerprint density at radius 1 is 1.15 bits per heavy atom. The normalized spacial score (nSPS) is 11.8. The van der Waals surface area contributed by atoms with Gasteiger partial charge in [-0.1, -0.05) is 48.0 Å². The van der Waals surface area contributed by atoms with Crippen molar-refractivity contribution in [2.75, 3.05) is 13.7 Å². The zero-order valence-corrected chi connectivity index (χ0v) is 15.5. The Labute approximate surface area is 161 Å². The Kier molecular flexibility index (Phi) is 5.98. The molecule has 27 heavy (non-hydrogen) atoms. The van der Waals surface area contributed by atoms with E-state index in [2.05, 4.69) is 10.3 Å². The van der Waals surface area contributed by atoms with E-state index in [1.165, 1.54) is 7.11 Å². The van der Waals surface area contributed by atoms with Gasteiger partial charge in [0.25, 0.3) is 0 Å². The largest absolute Gasteiger partial charge is 0.468 e. The molecule has 0 aliphatic carbocycles. The zero-order chi connectivity index (χ0) is 19.2. The molecule has 7 heteroatoms. The molecule has 1 unspecified atom stereocenters. The van der Waals surface area contributed by atoms with E-state index in [-0.39, 0.29) is 13.2 Å². The standard InChI is InChI=1S/C20H19ClN2O4/c1-26-19(24)15(14-10-22-17-9-5-8-16(21)18(14)17)11-23-20(25)27-12-13-6-3-2-4-7-13/h2-10,15,22H,11-12H2,1H3,(H,23,25). The first kappa shape index (κ1) is 18.8. The number of carbonyl (C=O) groups is 2. The quantitative estimate of drug-likeness (QED) is 0.627. The summed E-state index contributed by atoms with van der Waals surface area (Å²) in [5.41, 5.74) is 2.34. The topological polar surface area (TPSA) is 80.4 Å². The van der Waals surface area contributed by atoms with Crippen LogP contribution in [0.25, 0.3) is 10.9 Å². The van der Waals surface area contributed by atoms with Crippen molar-refractivity contribution >= 4 is 34.6 Å². The number of aromatic nitrogens is 1. The van der Waals surface area contributed by atoms with Gasteiger partial charge in [0.15, 0.2) is 0 Å². The van der Waals surface area contributed by atoms with Crippen molar-refractivity contribution in [3.8, 4) is 0 Å². The second-order valence-electron chi connectivity index (χ2n) is 5.92. The molecule has 3 aromatic rings. The maximum absolute atomic E-state index is 12.3. The van der Waals surface area contributed by atoms with E-state index >= 15 is 0 Å². The number of H-pyrrole nitrogens is 1. The molecule has 2 aromatic carbocycles. The van der Waals surface area contributed by atoms with Gasteiger partial charge < -0.3 is 19.8 Å². The Hall–Kier alpha value is -2.99. The van der Waals surface area contributed by atoms with E-state index in [1.807, 2.05) is 42.5 Å². The van der Waals surface area contributed by atoms with Gasteiger partial charge in [-0.2, -0.15) is 0 Å². The van der Waals surface area contributed by atoms with Crippen molar-refractivity contribution in [1.82, 2.24) is 10.3 Å². The van der Waals surface area contributed by atoms with Crippen LogP contribution in [0.5, 0.6) is 0 Å². The molecule has 0 saturated heterocycles. The van der Waals surface area contributed by atoms with Crippen molar-refractivity contribution in [3.05, 3.63) is 70.9 Å². The second kappa shape index (κ2) is 8.60. The van der Waals surface area contributed by atoms with E-state index in [0.717, 1.165) is 16.5 Å². The van der Waals surface area contributed by atoms with Crippen molar-refractivity contribution in [2.24, 2.45) is 0 Å². The summed E-state index contributed by atoms with van der Waals surface area (Å²) in [6.07, 6.45) is 1.09. The lowest BCUT2D eigenvalue weighted by Crippen LogP contribution is -2.32. The van der Waals surface area contributed by atoms with Crippen LogP contribution in [-0.4, -0.2) is 30.7 Å². The number of fused-ring (bicyclic) bond motifs is 1. The Morgan fingerprint density at radius 3 is 2.67 bits per heavy atom. The number of carbonyl (C=O) groups excluding carboxylic acids is 2. The maximum Gasteiger partial charge on any atom is 0.407 e. The summed E-state index contributed by atoms with van der Waals surface area (Å²) in [7, 11) is 1.31. The van der Waals surface area contributed by atoms with Gasteiger partial charge >= 0.3 is 12.1 Å². The van der Waals surface area contributed by atoms with Crippen LogP contribution in [0.2, 0.25) is 5.02 Å². The van der Waals surface area contributed by atoms with Crippen LogP contribution in [0.1, 0.15) is 17.0 Å². The Morgan fingerprint density at radius 2 is 1.93 bits per heavy atom. The van der Waals surface area contributed by atoms with Crippen LogP contribution in [0.15, 0.2) is 54.7 Å². The van der Waals surface area contributed by atoms with Gasteiger partial charge in [-0.05, 0) is 23.3 Å². The summed E-state index contributed by atoms with van der Waals surface area (Å²) in [5.74, 6) is -1.19. The van der Waals surface area contributed by atoms with Crippen molar-refractivity contribution < 1.29 is 19.1 Å². The number of halogens is 1. The minimum absolute atomic E-state index is 0.0263. The molecule has 0 aliphatic heterocycles. The van der Waals surface area contributed by atoms with Crippen LogP contribution < -0.4 is 5.32 Å². The highest BCUT2D eigenvalue weighted by atomic mass is 35.5. The summed E-state index contributed by atoms with van der Waals surface area (Å²) < 4.78 is 10.1. The minimum Gasteiger partial charge on any atom is -0.468 e. The fraction of sp³-hybridized carbons (Fsp3) is 0.200. The van der Waals surface area contributed by atoms with Crippen molar-refractivity contribution in [2.45, 2.75) is 12.5 Å². The van der Waals surface area contributed by atoms with Gasteiger partial charge in [0.2, 0.25) is 0 Å². The number of rotatable bonds is 6. The number of ether oxygens (including phenoxy) is 2. The summed E-state index contributed by atoms with van der Waals surface area (Å²) in [4.78, 5) is 27.4. The molecule has 0 bridgehead atoms. The predicted molar refractivity (Wildman–Crippen MR) is 103 cm³/mol. The van der Waals surface area contributed by atoms with Gasteiger partial charge in [0, 0.05) is 23.6 Å². The zero-order valence-electron chi connectivity index (χ0n) is 14.7. The molecule has 3 rings (SSSR count). The molecule has 0 fully saturated rings. The van der Waals surface area contributed by atoms with E-state index in [4.69, 9.17) is 21.1 Å². The molecule has 140 valence electrons. The van der Waals surface area contributed by atoms with Gasteiger partial charge in [-0.3, -0.25) is 4.79 Å². The fourth-order valence-corrected chi connectivity index (χ4v) is 3.15. The van der Waals surface area contributed by atoms with Crippen LogP contribution in [-0.2, 0) is 20.9 Å². The first-order chi connectivity index (χ1) is 13.1. The predicted octanol–water partition coefficient (Wildman–Crippen LogP) is 4.00. The third kappa shape index (κ3) is 4.41. The fourth-order valence-electron chi connectivity index (χ4n) is 2.86. The average Bonchev–Trinajstić information content (AvgIpc) is 3.12. The summed E-state index contributed by atoms with van der Waals surface area (Å²) in [6.45, 7) is 0.174. The summed E-state index contributed by atoms with van der Waals surface area (Å²) in [5, 5.41) is 3.87. The third-order valence-electron chi connectivity index (χ3n) is 4.21. The Bertz CT molecular complexity index is 940. The molecule has 1 heterocycles. The summed E-state index contributed by atoms with van der Waals surface area (Å²) in [6, 6.07) is 14.8. The summed E-state index contributed by atoms with van der Waals surface area (Å²) >= 11 is 6.29. The second-order valence-corrected chi connectivity index (χ2v) is 6.33. The lowest BCUT2D eigenvalue weighted by atomic mass is 9.98. The number of esters is 1. The van der Waals surface area contributed by atoms with E-state index in [9.17, 15) is 9.59 Å².